The molecule has 5 nitrogen and oxygen atoms in total. The molecule has 2 aromatic rings. The first kappa shape index (κ1) is 14.1. The van der Waals surface area contributed by atoms with Gasteiger partial charge in [0.05, 0.1) is 19.0 Å². The van der Waals surface area contributed by atoms with E-state index in [9.17, 15) is 0 Å². The van der Waals surface area contributed by atoms with E-state index in [0.717, 1.165) is 30.0 Å². The molecule has 2 rings (SSSR count). The van der Waals surface area contributed by atoms with Gasteiger partial charge in [-0.2, -0.15) is 4.98 Å². The molecule has 0 bridgehead atoms. The van der Waals surface area contributed by atoms with Gasteiger partial charge in [-0.15, -0.1) is 0 Å². The first-order chi connectivity index (χ1) is 9.69. The molecule has 0 aliphatic heterocycles. The predicted molar refractivity (Wildman–Crippen MR) is 80.8 cm³/mol. The van der Waals surface area contributed by atoms with Gasteiger partial charge in [0.2, 0.25) is 5.88 Å². The highest BCUT2D eigenvalue weighted by Gasteiger charge is 2.06. The molecule has 0 spiro atoms. The van der Waals surface area contributed by atoms with Crippen LogP contribution in [0.2, 0.25) is 0 Å². The molecule has 0 aliphatic carbocycles. The highest BCUT2D eigenvalue weighted by Crippen LogP contribution is 2.16. The standard InChI is InChI=1S/C15H20N4O/c1-3-7-20-15-10-17-9-14(18-15)19(2)11-12-5-4-6-13(16)8-12/h4-6,8-10H,3,7,11,16H2,1-2H3. The van der Waals surface area contributed by atoms with Crippen molar-refractivity contribution in [2.24, 2.45) is 0 Å². The van der Waals surface area contributed by atoms with Crippen molar-refractivity contribution in [1.82, 2.24) is 9.97 Å². The van der Waals surface area contributed by atoms with E-state index >= 15 is 0 Å². The summed E-state index contributed by atoms with van der Waals surface area (Å²) in [6.45, 7) is 3.43. The molecule has 1 aromatic heterocycles. The van der Waals surface area contributed by atoms with Crippen LogP contribution >= 0.6 is 0 Å². The maximum atomic E-state index is 5.79. The molecule has 0 saturated carbocycles. The average Bonchev–Trinajstić information content (AvgIpc) is 2.45. The lowest BCUT2D eigenvalue weighted by Gasteiger charge is -2.18. The quantitative estimate of drug-likeness (QED) is 0.818. The number of hydrogen-bond donors (Lipinski definition) is 1. The van der Waals surface area contributed by atoms with Crippen molar-refractivity contribution in [3.05, 3.63) is 42.2 Å². The molecule has 0 fully saturated rings. The zero-order chi connectivity index (χ0) is 14.4. The summed E-state index contributed by atoms with van der Waals surface area (Å²) < 4.78 is 5.50. The van der Waals surface area contributed by atoms with Gasteiger partial charge >= 0.3 is 0 Å². The summed E-state index contributed by atoms with van der Waals surface area (Å²) in [5.74, 6) is 1.34. The van der Waals surface area contributed by atoms with Crippen LogP contribution < -0.4 is 15.4 Å². The highest BCUT2D eigenvalue weighted by atomic mass is 16.5. The van der Waals surface area contributed by atoms with Crippen LogP contribution in [-0.4, -0.2) is 23.6 Å². The second-order valence-corrected chi connectivity index (χ2v) is 4.67. The topological polar surface area (TPSA) is 64.3 Å². The first-order valence-electron chi connectivity index (χ1n) is 6.69. The molecule has 1 aromatic carbocycles. The maximum absolute atomic E-state index is 5.79. The molecule has 0 radical (unpaired) electrons. The third-order valence-electron chi connectivity index (χ3n) is 2.82. The second kappa shape index (κ2) is 6.75. The lowest BCUT2D eigenvalue weighted by molar-refractivity contribution is 0.304. The van der Waals surface area contributed by atoms with Gasteiger partial charge in [-0.3, -0.25) is 4.98 Å². The highest BCUT2D eigenvalue weighted by molar-refractivity contribution is 5.43. The zero-order valence-corrected chi connectivity index (χ0v) is 11.9. The van der Waals surface area contributed by atoms with Gasteiger partial charge in [0, 0.05) is 19.3 Å². The molecule has 106 valence electrons. The molecule has 0 saturated heterocycles. The molecular formula is C15H20N4O. The van der Waals surface area contributed by atoms with Crippen molar-refractivity contribution in [2.45, 2.75) is 19.9 Å². The summed E-state index contributed by atoms with van der Waals surface area (Å²) in [4.78, 5) is 10.6. The largest absolute Gasteiger partial charge is 0.477 e. The molecular weight excluding hydrogens is 252 g/mol. The van der Waals surface area contributed by atoms with Crippen LogP contribution in [0.25, 0.3) is 0 Å². The van der Waals surface area contributed by atoms with Crippen LogP contribution in [0, 0.1) is 0 Å². The fraction of sp³-hybridized carbons (Fsp3) is 0.333. The van der Waals surface area contributed by atoms with Crippen molar-refractivity contribution in [3.63, 3.8) is 0 Å². The van der Waals surface area contributed by atoms with E-state index in [1.54, 1.807) is 12.4 Å². The Morgan fingerprint density at radius 1 is 1.30 bits per heavy atom. The number of rotatable bonds is 6. The van der Waals surface area contributed by atoms with Gasteiger partial charge < -0.3 is 15.4 Å². The van der Waals surface area contributed by atoms with Crippen molar-refractivity contribution in [3.8, 4) is 5.88 Å². The second-order valence-electron chi connectivity index (χ2n) is 4.67. The molecule has 0 atom stereocenters. The van der Waals surface area contributed by atoms with Crippen molar-refractivity contribution in [1.29, 1.82) is 0 Å². The maximum Gasteiger partial charge on any atom is 0.234 e. The van der Waals surface area contributed by atoms with E-state index in [0.29, 0.717) is 12.5 Å². The van der Waals surface area contributed by atoms with E-state index < -0.39 is 0 Å². The summed E-state index contributed by atoms with van der Waals surface area (Å²) in [5.41, 5.74) is 7.68. The normalized spacial score (nSPS) is 10.3. The number of aromatic nitrogens is 2. The van der Waals surface area contributed by atoms with Crippen molar-refractivity contribution < 1.29 is 4.74 Å². The average molecular weight is 272 g/mol. The molecule has 20 heavy (non-hydrogen) atoms. The zero-order valence-electron chi connectivity index (χ0n) is 11.9. The third kappa shape index (κ3) is 3.85. The number of hydrogen-bond acceptors (Lipinski definition) is 5. The summed E-state index contributed by atoms with van der Waals surface area (Å²) in [7, 11) is 1.97. The summed E-state index contributed by atoms with van der Waals surface area (Å²) in [6, 6.07) is 7.83. The molecule has 0 amide bonds. The van der Waals surface area contributed by atoms with Gasteiger partial charge in [0.15, 0.2) is 5.82 Å². The van der Waals surface area contributed by atoms with E-state index in [1.807, 2.05) is 36.2 Å². The molecule has 1 heterocycles. The Hall–Kier alpha value is -2.30. The third-order valence-corrected chi connectivity index (χ3v) is 2.82. The van der Waals surface area contributed by atoms with E-state index in [1.165, 1.54) is 0 Å². The fourth-order valence-electron chi connectivity index (χ4n) is 1.84. The van der Waals surface area contributed by atoms with Crippen LogP contribution in [0.5, 0.6) is 5.88 Å². The van der Waals surface area contributed by atoms with Gasteiger partial charge in [-0.1, -0.05) is 19.1 Å². The smallest absolute Gasteiger partial charge is 0.234 e. The van der Waals surface area contributed by atoms with Gasteiger partial charge in [0.1, 0.15) is 0 Å². The van der Waals surface area contributed by atoms with Crippen LogP contribution in [0.3, 0.4) is 0 Å². The number of nitrogens with two attached hydrogens (primary N) is 1. The Balaban J connectivity index is 2.06. The number of anilines is 2. The number of benzene rings is 1. The minimum absolute atomic E-state index is 0.559. The van der Waals surface area contributed by atoms with Gasteiger partial charge in [-0.25, -0.2) is 0 Å². The first-order valence-corrected chi connectivity index (χ1v) is 6.69. The minimum atomic E-state index is 0.559. The lowest BCUT2D eigenvalue weighted by atomic mass is 10.2. The monoisotopic (exact) mass is 272 g/mol. The molecule has 5 heteroatoms. The van der Waals surface area contributed by atoms with E-state index in [2.05, 4.69) is 16.9 Å². The minimum Gasteiger partial charge on any atom is -0.477 e. The van der Waals surface area contributed by atoms with Crippen LogP contribution in [-0.2, 0) is 6.54 Å². The summed E-state index contributed by atoms with van der Waals surface area (Å²) in [6.07, 6.45) is 4.31. The molecule has 2 N–H and O–H groups in total. The number of nitrogens with zero attached hydrogens (tertiary/aromatic N) is 3. The lowest BCUT2D eigenvalue weighted by Crippen LogP contribution is -2.18. The van der Waals surface area contributed by atoms with Crippen LogP contribution in [0.1, 0.15) is 18.9 Å². The predicted octanol–water partition coefficient (Wildman–Crippen LogP) is 2.48. The van der Waals surface area contributed by atoms with Gasteiger partial charge in [-0.05, 0) is 24.1 Å². The Morgan fingerprint density at radius 3 is 2.90 bits per heavy atom. The Bertz CT molecular complexity index is 559. The van der Waals surface area contributed by atoms with Gasteiger partial charge in [0.25, 0.3) is 0 Å². The van der Waals surface area contributed by atoms with E-state index in [-0.39, 0.29) is 0 Å². The fourth-order valence-corrected chi connectivity index (χ4v) is 1.84. The van der Waals surface area contributed by atoms with Crippen LogP contribution in [0.4, 0.5) is 11.5 Å². The summed E-state index contributed by atoms with van der Waals surface area (Å²) in [5, 5.41) is 0. The van der Waals surface area contributed by atoms with Crippen LogP contribution in [0.15, 0.2) is 36.7 Å². The molecule has 0 aliphatic rings. The number of ether oxygens (including phenoxy) is 1. The van der Waals surface area contributed by atoms with Crippen molar-refractivity contribution >= 4 is 11.5 Å². The SMILES string of the molecule is CCCOc1cncc(N(C)Cc2cccc(N)c2)n1. The number of nitrogen functional groups attached to an aromatic ring is 1. The van der Waals surface area contributed by atoms with Crippen molar-refractivity contribution in [2.75, 3.05) is 24.3 Å². The Morgan fingerprint density at radius 2 is 2.15 bits per heavy atom. The Labute approximate surface area is 119 Å². The molecule has 0 unspecified atom stereocenters. The summed E-state index contributed by atoms with van der Waals surface area (Å²) >= 11 is 0. The Kier molecular flexibility index (Phi) is 4.76. The van der Waals surface area contributed by atoms with E-state index in [4.69, 9.17) is 10.5 Å².